The minimum Gasteiger partial charge on any atom is -0.488 e. The molecule has 0 spiro atoms. The molecule has 228 valence electrons. The number of hydrogen-bond donors (Lipinski definition) is 4. The molecule has 3 amide bonds. The van der Waals surface area contributed by atoms with Gasteiger partial charge in [0.1, 0.15) is 11.9 Å². The van der Waals surface area contributed by atoms with Gasteiger partial charge in [-0.05, 0) is 62.7 Å². The van der Waals surface area contributed by atoms with Crippen LogP contribution in [0.4, 0.5) is 10.5 Å². The number of nitrogens with one attached hydrogen (secondary N) is 2. The average molecular weight is 581 g/mol. The van der Waals surface area contributed by atoms with Crippen molar-refractivity contribution in [2.24, 2.45) is 5.92 Å². The number of nitrogens with zero attached hydrogens (tertiary/aromatic N) is 2. The van der Waals surface area contributed by atoms with Crippen molar-refractivity contribution >= 4 is 23.6 Å². The Bertz CT molecular complexity index is 1230. The number of hydrogen-bond acceptors (Lipinski definition) is 6. The largest absolute Gasteiger partial charge is 0.488 e. The van der Waals surface area contributed by atoms with Gasteiger partial charge in [-0.3, -0.25) is 9.69 Å². The molecule has 2 aromatic carbocycles. The van der Waals surface area contributed by atoms with E-state index in [1.165, 1.54) is 6.42 Å². The normalized spacial score (nSPS) is 20.5. The zero-order valence-corrected chi connectivity index (χ0v) is 24.8. The molecule has 4 rings (SSSR count). The average Bonchev–Trinajstić information content (AvgIpc) is 3.00. The fourth-order valence-electron chi connectivity index (χ4n) is 5.76. The number of benzene rings is 2. The smallest absolute Gasteiger partial charge is 0.335 e. The summed E-state index contributed by atoms with van der Waals surface area (Å²) in [4.78, 5) is 41.2. The molecule has 1 fully saturated rings. The third-order valence-corrected chi connectivity index (χ3v) is 8.26. The minimum absolute atomic E-state index is 0.0511. The van der Waals surface area contributed by atoms with Gasteiger partial charge in [0.2, 0.25) is 5.91 Å². The van der Waals surface area contributed by atoms with Crippen molar-refractivity contribution in [3.8, 4) is 5.75 Å². The molecule has 2 aliphatic rings. The van der Waals surface area contributed by atoms with Gasteiger partial charge in [0.05, 0.1) is 24.6 Å². The predicted molar refractivity (Wildman–Crippen MR) is 161 cm³/mol. The predicted octanol–water partition coefficient (Wildman–Crippen LogP) is 4.12. The molecule has 0 saturated heterocycles. The molecule has 4 N–H and O–H groups in total. The van der Waals surface area contributed by atoms with Crippen LogP contribution in [-0.4, -0.2) is 82.9 Å². The number of likely N-dealkylation sites (N-methyl/N-ethyl adjacent to an activating group) is 1. The van der Waals surface area contributed by atoms with Gasteiger partial charge < -0.3 is 30.5 Å². The second-order valence-electron chi connectivity index (χ2n) is 11.8. The Balaban J connectivity index is 1.52. The molecule has 0 radical (unpaired) electrons. The molecule has 1 aliphatic carbocycles. The van der Waals surface area contributed by atoms with Gasteiger partial charge in [-0.1, -0.05) is 38.3 Å². The van der Waals surface area contributed by atoms with Gasteiger partial charge in [0.25, 0.3) is 0 Å². The van der Waals surface area contributed by atoms with Crippen LogP contribution in [0.25, 0.3) is 0 Å². The van der Waals surface area contributed by atoms with Gasteiger partial charge in [-0.2, -0.15) is 0 Å². The third-order valence-electron chi connectivity index (χ3n) is 8.26. The third kappa shape index (κ3) is 8.45. The van der Waals surface area contributed by atoms with E-state index in [1.807, 2.05) is 39.1 Å². The van der Waals surface area contributed by atoms with E-state index < -0.39 is 5.97 Å². The number of aromatic carboxylic acids is 1. The Hall–Kier alpha value is -3.63. The van der Waals surface area contributed by atoms with E-state index in [0.29, 0.717) is 36.6 Å². The summed E-state index contributed by atoms with van der Waals surface area (Å²) >= 11 is 0. The SMILES string of the molecule is C[C@H]1CN([C@@H](C)CO)C(=O)Cc2cc(NC(=O)NC3CCCCC3)ccc2O[C@@H]1CN(C)Cc1ccc(C(=O)O)cc1. The van der Waals surface area contributed by atoms with Gasteiger partial charge in [0, 0.05) is 42.8 Å². The van der Waals surface area contributed by atoms with Crippen LogP contribution in [0.1, 0.15) is 67.4 Å². The first-order chi connectivity index (χ1) is 20.1. The summed E-state index contributed by atoms with van der Waals surface area (Å²) in [5, 5.41) is 25.1. The van der Waals surface area contributed by atoms with Crippen molar-refractivity contribution in [1.82, 2.24) is 15.1 Å². The summed E-state index contributed by atoms with van der Waals surface area (Å²) in [6, 6.07) is 11.8. The second-order valence-corrected chi connectivity index (χ2v) is 11.8. The highest BCUT2D eigenvalue weighted by Crippen LogP contribution is 2.29. The molecule has 1 heterocycles. The number of carbonyl (C=O) groups excluding carboxylic acids is 2. The first-order valence-electron chi connectivity index (χ1n) is 14.9. The number of urea groups is 1. The highest BCUT2D eigenvalue weighted by molar-refractivity contribution is 5.90. The van der Waals surface area contributed by atoms with E-state index in [9.17, 15) is 24.6 Å². The second kappa shape index (κ2) is 14.5. The molecule has 10 nitrogen and oxygen atoms in total. The molecule has 0 bridgehead atoms. The van der Waals surface area contributed by atoms with Crippen molar-refractivity contribution in [1.29, 1.82) is 0 Å². The first kappa shape index (κ1) is 31.3. The highest BCUT2D eigenvalue weighted by Gasteiger charge is 2.31. The van der Waals surface area contributed by atoms with Crippen LogP contribution in [0.5, 0.6) is 5.75 Å². The zero-order valence-electron chi connectivity index (χ0n) is 24.8. The van der Waals surface area contributed by atoms with Crippen LogP contribution >= 0.6 is 0 Å². The topological polar surface area (TPSA) is 131 Å². The molecule has 2 aromatic rings. The summed E-state index contributed by atoms with van der Waals surface area (Å²) in [5.41, 5.74) is 2.49. The van der Waals surface area contributed by atoms with Gasteiger partial charge in [-0.15, -0.1) is 0 Å². The minimum atomic E-state index is -0.958. The lowest BCUT2D eigenvalue weighted by Crippen LogP contribution is -2.47. The van der Waals surface area contributed by atoms with Crippen LogP contribution in [0, 0.1) is 5.92 Å². The quantitative estimate of drug-likeness (QED) is 0.351. The van der Waals surface area contributed by atoms with Gasteiger partial charge in [0.15, 0.2) is 0 Å². The van der Waals surface area contributed by atoms with Crippen LogP contribution in [0.3, 0.4) is 0 Å². The summed E-state index contributed by atoms with van der Waals surface area (Å²) in [7, 11) is 1.98. The lowest BCUT2D eigenvalue weighted by molar-refractivity contribution is -0.134. The summed E-state index contributed by atoms with van der Waals surface area (Å²) in [6.07, 6.45) is 5.24. The number of aliphatic hydroxyl groups is 1. The first-order valence-corrected chi connectivity index (χ1v) is 14.9. The van der Waals surface area contributed by atoms with Crippen LogP contribution in [0.2, 0.25) is 0 Å². The summed E-state index contributed by atoms with van der Waals surface area (Å²) < 4.78 is 6.59. The molecule has 0 aromatic heterocycles. The number of aliphatic hydroxyl groups excluding tert-OH is 1. The number of amides is 3. The number of fused-ring (bicyclic) bond motifs is 1. The highest BCUT2D eigenvalue weighted by atomic mass is 16.5. The maximum absolute atomic E-state index is 13.5. The Morgan fingerprint density at radius 1 is 1.12 bits per heavy atom. The van der Waals surface area contributed by atoms with E-state index in [2.05, 4.69) is 15.5 Å². The van der Waals surface area contributed by atoms with E-state index >= 15 is 0 Å². The zero-order chi connectivity index (χ0) is 30.2. The van der Waals surface area contributed by atoms with Gasteiger partial charge >= 0.3 is 12.0 Å². The molecule has 0 unspecified atom stereocenters. The molecular weight excluding hydrogens is 536 g/mol. The monoisotopic (exact) mass is 580 g/mol. The van der Waals surface area contributed by atoms with E-state index in [0.717, 1.165) is 31.2 Å². The molecular formula is C32H44N4O6. The molecule has 1 saturated carbocycles. The van der Waals surface area contributed by atoms with Crippen molar-refractivity contribution in [3.05, 3.63) is 59.2 Å². The number of carboxylic acid groups (broad SMARTS) is 1. The van der Waals surface area contributed by atoms with Crippen molar-refractivity contribution in [3.63, 3.8) is 0 Å². The molecule has 42 heavy (non-hydrogen) atoms. The lowest BCUT2D eigenvalue weighted by atomic mass is 9.96. The molecule has 3 atom stereocenters. The van der Waals surface area contributed by atoms with Crippen molar-refractivity contribution in [2.75, 3.05) is 32.1 Å². The summed E-state index contributed by atoms with van der Waals surface area (Å²) in [6.45, 7) is 5.30. The van der Waals surface area contributed by atoms with Crippen LogP contribution < -0.4 is 15.4 Å². The van der Waals surface area contributed by atoms with Crippen LogP contribution in [-0.2, 0) is 17.8 Å². The van der Waals surface area contributed by atoms with E-state index in [4.69, 9.17) is 4.74 Å². The number of rotatable bonds is 9. The maximum Gasteiger partial charge on any atom is 0.335 e. The van der Waals surface area contributed by atoms with E-state index in [-0.39, 0.29) is 54.6 Å². The Labute approximate surface area is 248 Å². The van der Waals surface area contributed by atoms with Crippen molar-refractivity contribution in [2.45, 2.75) is 77.1 Å². The Morgan fingerprint density at radius 3 is 2.50 bits per heavy atom. The van der Waals surface area contributed by atoms with Crippen LogP contribution in [0.15, 0.2) is 42.5 Å². The molecule has 1 aliphatic heterocycles. The summed E-state index contributed by atoms with van der Waals surface area (Å²) in [5.74, 6) is -0.522. The van der Waals surface area contributed by atoms with Gasteiger partial charge in [-0.25, -0.2) is 9.59 Å². The fraction of sp³-hybridized carbons (Fsp3) is 0.531. The fourth-order valence-corrected chi connectivity index (χ4v) is 5.76. The number of carbonyl (C=O) groups is 3. The van der Waals surface area contributed by atoms with Crippen molar-refractivity contribution < 1.29 is 29.3 Å². The van der Waals surface area contributed by atoms with E-state index in [1.54, 1.807) is 29.2 Å². The Kier molecular flexibility index (Phi) is 10.8. The molecule has 10 heteroatoms. The lowest BCUT2D eigenvalue weighted by Gasteiger charge is -2.34. The number of anilines is 1. The maximum atomic E-state index is 13.5. The standard InChI is InChI=1S/C32H44N4O6/c1-21-17-36(22(2)20-37)30(38)16-25-15-27(34-32(41)33-26-7-5-4-6-8-26)13-14-28(25)42-29(21)19-35(3)18-23-9-11-24(12-10-23)31(39)40/h9-15,21-22,26,29,37H,4-8,16-20H2,1-3H3,(H,39,40)(H2,33,34,41)/t21-,22-,29+/m0/s1. The Morgan fingerprint density at radius 2 is 1.83 bits per heavy atom. The number of carboxylic acids is 1. The number of ether oxygens (including phenoxy) is 1.